The first-order valence-corrected chi connectivity index (χ1v) is 5.60. The van der Waals surface area contributed by atoms with Crippen molar-refractivity contribution in [2.45, 2.75) is 19.2 Å². The zero-order valence-electron chi connectivity index (χ0n) is 9.01. The molecule has 0 heterocycles. The summed E-state index contributed by atoms with van der Waals surface area (Å²) in [6.45, 7) is 0. The van der Waals surface area contributed by atoms with Crippen molar-refractivity contribution in [2.75, 3.05) is 5.88 Å². The van der Waals surface area contributed by atoms with E-state index in [0.29, 0.717) is 12.3 Å². The Bertz CT molecular complexity index is 357. The highest BCUT2D eigenvalue weighted by atomic mass is 35.5. The number of rotatable bonds is 5. The maximum Gasteiger partial charge on any atom is 0.573 e. The standard InChI is InChI=1S/C12H12ClF3O/c13-9-3-1-2-4-10-5-7-11(8-6-10)17-12(14,15)16/h1-2,5-8H,3-4,9H2. The average Bonchev–Trinajstić information content (AvgIpc) is 2.25. The number of alkyl halides is 4. The molecule has 5 heteroatoms. The Kier molecular flexibility index (Phi) is 5.35. The number of ether oxygens (including phenoxy) is 1. The predicted molar refractivity (Wildman–Crippen MR) is 61.3 cm³/mol. The van der Waals surface area contributed by atoms with E-state index in [0.717, 1.165) is 12.0 Å². The van der Waals surface area contributed by atoms with Gasteiger partial charge in [-0.2, -0.15) is 0 Å². The number of hydrogen-bond acceptors (Lipinski definition) is 1. The van der Waals surface area contributed by atoms with E-state index in [1.54, 1.807) is 12.1 Å². The molecule has 0 aliphatic carbocycles. The molecule has 0 aromatic heterocycles. The number of hydrogen-bond donors (Lipinski definition) is 0. The fourth-order valence-corrected chi connectivity index (χ4v) is 1.35. The van der Waals surface area contributed by atoms with Crippen molar-refractivity contribution in [1.29, 1.82) is 0 Å². The molecule has 0 radical (unpaired) electrons. The second kappa shape index (κ2) is 6.55. The highest BCUT2D eigenvalue weighted by Gasteiger charge is 2.30. The van der Waals surface area contributed by atoms with Gasteiger partial charge in [0.05, 0.1) is 0 Å². The quantitative estimate of drug-likeness (QED) is 0.569. The number of allylic oxidation sites excluding steroid dienone is 2. The molecule has 1 aromatic rings. The predicted octanol–water partition coefficient (Wildman–Crippen LogP) is 4.31. The summed E-state index contributed by atoms with van der Waals surface area (Å²) in [5, 5.41) is 0. The van der Waals surface area contributed by atoms with Gasteiger partial charge in [0.15, 0.2) is 0 Å². The Morgan fingerprint density at radius 3 is 2.29 bits per heavy atom. The molecule has 0 spiro atoms. The molecule has 1 nitrogen and oxygen atoms in total. The first-order chi connectivity index (χ1) is 8.01. The minimum Gasteiger partial charge on any atom is -0.406 e. The Morgan fingerprint density at radius 1 is 1.12 bits per heavy atom. The third kappa shape index (κ3) is 6.22. The Labute approximate surface area is 103 Å². The van der Waals surface area contributed by atoms with Crippen molar-refractivity contribution in [3.8, 4) is 5.75 Å². The van der Waals surface area contributed by atoms with Crippen LogP contribution in [-0.4, -0.2) is 12.2 Å². The van der Waals surface area contributed by atoms with E-state index in [1.165, 1.54) is 12.1 Å². The van der Waals surface area contributed by atoms with Gasteiger partial charge in [-0.15, -0.1) is 24.8 Å². The fraction of sp³-hybridized carbons (Fsp3) is 0.333. The summed E-state index contributed by atoms with van der Waals surface area (Å²) in [6, 6.07) is 5.81. The number of benzene rings is 1. The van der Waals surface area contributed by atoms with Crippen LogP contribution in [0.25, 0.3) is 0 Å². The van der Waals surface area contributed by atoms with Crippen molar-refractivity contribution in [2.24, 2.45) is 0 Å². The van der Waals surface area contributed by atoms with E-state index >= 15 is 0 Å². The van der Waals surface area contributed by atoms with E-state index in [1.807, 2.05) is 12.2 Å². The van der Waals surface area contributed by atoms with Crippen LogP contribution in [0.3, 0.4) is 0 Å². The molecule has 0 N–H and O–H groups in total. The van der Waals surface area contributed by atoms with Gasteiger partial charge in [-0.1, -0.05) is 24.3 Å². The molecule has 0 aliphatic heterocycles. The largest absolute Gasteiger partial charge is 0.573 e. The van der Waals surface area contributed by atoms with E-state index < -0.39 is 6.36 Å². The summed E-state index contributed by atoms with van der Waals surface area (Å²) in [5.41, 5.74) is 0.922. The van der Waals surface area contributed by atoms with Crippen LogP contribution >= 0.6 is 11.6 Å². The van der Waals surface area contributed by atoms with Gasteiger partial charge in [-0.25, -0.2) is 0 Å². The summed E-state index contributed by atoms with van der Waals surface area (Å²) >= 11 is 5.49. The molecular weight excluding hydrogens is 253 g/mol. The third-order valence-corrected chi connectivity index (χ3v) is 2.17. The Hall–Kier alpha value is -1.16. The average molecular weight is 265 g/mol. The van der Waals surface area contributed by atoms with Crippen molar-refractivity contribution in [3.05, 3.63) is 42.0 Å². The van der Waals surface area contributed by atoms with Crippen LogP contribution in [0.1, 0.15) is 12.0 Å². The summed E-state index contributed by atoms with van der Waals surface area (Å²) in [6.07, 6.45) is 0.691. The zero-order chi connectivity index (χ0) is 12.7. The lowest BCUT2D eigenvalue weighted by molar-refractivity contribution is -0.274. The smallest absolute Gasteiger partial charge is 0.406 e. The third-order valence-electron chi connectivity index (χ3n) is 1.95. The molecule has 1 aromatic carbocycles. The van der Waals surface area contributed by atoms with Crippen LogP contribution in [0, 0.1) is 0 Å². The number of halogens is 4. The minimum atomic E-state index is -4.64. The molecule has 0 fully saturated rings. The van der Waals surface area contributed by atoms with Gasteiger partial charge >= 0.3 is 6.36 Å². The monoisotopic (exact) mass is 264 g/mol. The molecule has 0 amide bonds. The SMILES string of the molecule is FC(F)(F)Oc1ccc(CC=CCCCl)cc1. The minimum absolute atomic E-state index is 0.203. The second-order valence-electron chi connectivity index (χ2n) is 3.34. The maximum atomic E-state index is 11.9. The van der Waals surface area contributed by atoms with Gasteiger partial charge in [0.1, 0.15) is 5.75 Å². The molecular formula is C12H12ClF3O. The molecule has 17 heavy (non-hydrogen) atoms. The maximum absolute atomic E-state index is 11.9. The summed E-state index contributed by atoms with van der Waals surface area (Å²) in [5.74, 6) is 0.362. The molecule has 94 valence electrons. The van der Waals surface area contributed by atoms with Gasteiger partial charge in [-0.05, 0) is 30.5 Å². The van der Waals surface area contributed by atoms with Crippen LogP contribution < -0.4 is 4.74 Å². The van der Waals surface area contributed by atoms with Crippen LogP contribution in [0.15, 0.2) is 36.4 Å². The Morgan fingerprint density at radius 2 is 1.76 bits per heavy atom. The van der Waals surface area contributed by atoms with Crippen LogP contribution in [0.2, 0.25) is 0 Å². The lowest BCUT2D eigenvalue weighted by Gasteiger charge is -2.08. The van der Waals surface area contributed by atoms with Gasteiger partial charge in [-0.3, -0.25) is 0 Å². The van der Waals surface area contributed by atoms with Gasteiger partial charge < -0.3 is 4.74 Å². The van der Waals surface area contributed by atoms with Crippen molar-refractivity contribution in [1.82, 2.24) is 0 Å². The van der Waals surface area contributed by atoms with Gasteiger partial charge in [0, 0.05) is 5.88 Å². The molecule has 1 rings (SSSR count). The van der Waals surface area contributed by atoms with E-state index in [-0.39, 0.29) is 5.75 Å². The molecule has 0 atom stereocenters. The van der Waals surface area contributed by atoms with Crippen molar-refractivity contribution in [3.63, 3.8) is 0 Å². The topological polar surface area (TPSA) is 9.23 Å². The van der Waals surface area contributed by atoms with Crippen LogP contribution in [-0.2, 0) is 6.42 Å². The molecule has 0 aliphatic rings. The van der Waals surface area contributed by atoms with Gasteiger partial charge in [0.2, 0.25) is 0 Å². The second-order valence-corrected chi connectivity index (χ2v) is 3.72. The van der Waals surface area contributed by atoms with Crippen LogP contribution in [0.5, 0.6) is 5.75 Å². The Balaban J connectivity index is 2.50. The first-order valence-electron chi connectivity index (χ1n) is 5.07. The molecule has 0 unspecified atom stereocenters. The summed E-state index contributed by atoms with van der Waals surface area (Å²) in [4.78, 5) is 0. The highest BCUT2D eigenvalue weighted by molar-refractivity contribution is 6.17. The normalized spacial score (nSPS) is 12.0. The lowest BCUT2D eigenvalue weighted by Crippen LogP contribution is -2.16. The van der Waals surface area contributed by atoms with Crippen LogP contribution in [0.4, 0.5) is 13.2 Å². The molecule has 0 bridgehead atoms. The lowest BCUT2D eigenvalue weighted by atomic mass is 10.1. The summed E-state index contributed by atoms with van der Waals surface area (Å²) in [7, 11) is 0. The van der Waals surface area contributed by atoms with Crippen molar-refractivity contribution < 1.29 is 17.9 Å². The molecule has 0 saturated carbocycles. The van der Waals surface area contributed by atoms with E-state index in [4.69, 9.17) is 11.6 Å². The summed E-state index contributed by atoms with van der Waals surface area (Å²) < 4.78 is 39.4. The zero-order valence-corrected chi connectivity index (χ0v) is 9.76. The first kappa shape index (κ1) is 13.9. The highest BCUT2D eigenvalue weighted by Crippen LogP contribution is 2.22. The van der Waals surface area contributed by atoms with Gasteiger partial charge in [0.25, 0.3) is 0 Å². The fourth-order valence-electron chi connectivity index (χ4n) is 1.23. The molecule has 0 saturated heterocycles. The van der Waals surface area contributed by atoms with E-state index in [2.05, 4.69) is 4.74 Å². The van der Waals surface area contributed by atoms with E-state index in [9.17, 15) is 13.2 Å². The van der Waals surface area contributed by atoms with Crippen molar-refractivity contribution >= 4 is 11.6 Å².